The fourth-order valence-electron chi connectivity index (χ4n) is 0.818. The molecule has 1 rings (SSSR count). The van der Waals surface area contributed by atoms with Crippen LogP contribution < -0.4 is 4.74 Å². The molecule has 13 heavy (non-hydrogen) atoms. The standard InChI is InChI=1S/C10H10Cl2O/c1-8-2-4-10(5-3-8)13-7-9(12)6-11/h2-6H,7H2,1H3/b9-6-. The van der Waals surface area contributed by atoms with Gasteiger partial charge in [-0.1, -0.05) is 40.9 Å². The van der Waals surface area contributed by atoms with Gasteiger partial charge in [0, 0.05) is 5.54 Å². The van der Waals surface area contributed by atoms with Gasteiger partial charge in [-0.15, -0.1) is 0 Å². The van der Waals surface area contributed by atoms with Crippen LogP contribution in [-0.2, 0) is 0 Å². The molecule has 0 atom stereocenters. The van der Waals surface area contributed by atoms with Crippen LogP contribution in [0.15, 0.2) is 34.8 Å². The van der Waals surface area contributed by atoms with Crippen molar-refractivity contribution >= 4 is 23.2 Å². The molecule has 0 aliphatic rings. The molecule has 0 unspecified atom stereocenters. The molecule has 0 bridgehead atoms. The van der Waals surface area contributed by atoms with Gasteiger partial charge >= 0.3 is 0 Å². The van der Waals surface area contributed by atoms with E-state index in [1.807, 2.05) is 31.2 Å². The quantitative estimate of drug-likeness (QED) is 0.750. The minimum absolute atomic E-state index is 0.314. The zero-order valence-electron chi connectivity index (χ0n) is 7.26. The summed E-state index contributed by atoms with van der Waals surface area (Å²) in [6.07, 6.45) is 0. The summed E-state index contributed by atoms with van der Waals surface area (Å²) in [6, 6.07) is 7.75. The lowest BCUT2D eigenvalue weighted by Crippen LogP contribution is -1.96. The summed E-state index contributed by atoms with van der Waals surface area (Å²) in [5.74, 6) is 0.794. The van der Waals surface area contributed by atoms with Gasteiger partial charge in [0.25, 0.3) is 0 Å². The van der Waals surface area contributed by atoms with Crippen molar-refractivity contribution in [1.29, 1.82) is 0 Å². The van der Waals surface area contributed by atoms with Crippen LogP contribution in [0, 0.1) is 6.92 Å². The SMILES string of the molecule is Cc1ccc(OC/C(Cl)=C/Cl)cc1. The second kappa shape index (κ2) is 5.15. The number of aryl methyl sites for hydroxylation is 1. The predicted molar refractivity (Wildman–Crippen MR) is 56.5 cm³/mol. The molecule has 0 aliphatic heterocycles. The van der Waals surface area contributed by atoms with Crippen LogP contribution in [0.1, 0.15) is 5.56 Å². The topological polar surface area (TPSA) is 9.23 Å². The van der Waals surface area contributed by atoms with Crippen molar-refractivity contribution in [3.8, 4) is 5.75 Å². The molecule has 0 N–H and O–H groups in total. The lowest BCUT2D eigenvalue weighted by atomic mass is 10.2. The highest BCUT2D eigenvalue weighted by Crippen LogP contribution is 2.13. The third-order valence-corrected chi connectivity index (χ3v) is 2.11. The normalized spacial score (nSPS) is 11.5. The van der Waals surface area contributed by atoms with E-state index >= 15 is 0 Å². The monoisotopic (exact) mass is 216 g/mol. The van der Waals surface area contributed by atoms with Crippen LogP contribution in [0.5, 0.6) is 5.75 Å². The fourth-order valence-corrected chi connectivity index (χ4v) is 0.936. The lowest BCUT2D eigenvalue weighted by Gasteiger charge is -2.04. The molecular weight excluding hydrogens is 207 g/mol. The van der Waals surface area contributed by atoms with Gasteiger partial charge in [-0.25, -0.2) is 0 Å². The average molecular weight is 217 g/mol. The molecule has 1 aromatic rings. The van der Waals surface area contributed by atoms with E-state index in [-0.39, 0.29) is 0 Å². The maximum absolute atomic E-state index is 5.65. The van der Waals surface area contributed by atoms with Crippen molar-refractivity contribution in [3.63, 3.8) is 0 Å². The molecule has 1 aromatic carbocycles. The minimum Gasteiger partial charge on any atom is -0.488 e. The summed E-state index contributed by atoms with van der Waals surface area (Å²) < 4.78 is 5.33. The number of hydrogen-bond donors (Lipinski definition) is 0. The smallest absolute Gasteiger partial charge is 0.125 e. The van der Waals surface area contributed by atoms with E-state index in [9.17, 15) is 0 Å². The summed E-state index contributed by atoms with van der Waals surface area (Å²) in [5.41, 5.74) is 2.50. The maximum Gasteiger partial charge on any atom is 0.125 e. The molecular formula is C10H10Cl2O. The van der Waals surface area contributed by atoms with Crippen molar-refractivity contribution in [2.45, 2.75) is 6.92 Å². The first-order chi connectivity index (χ1) is 6.22. The Morgan fingerprint density at radius 3 is 2.54 bits per heavy atom. The maximum atomic E-state index is 5.65. The van der Waals surface area contributed by atoms with E-state index in [0.29, 0.717) is 11.6 Å². The van der Waals surface area contributed by atoms with Crippen molar-refractivity contribution in [2.75, 3.05) is 6.61 Å². The highest BCUT2D eigenvalue weighted by molar-refractivity contribution is 6.36. The van der Waals surface area contributed by atoms with Gasteiger partial charge in [-0.05, 0) is 19.1 Å². The minimum atomic E-state index is 0.314. The Morgan fingerprint density at radius 1 is 1.38 bits per heavy atom. The summed E-state index contributed by atoms with van der Waals surface area (Å²) in [6.45, 7) is 2.34. The Kier molecular flexibility index (Phi) is 4.13. The summed E-state index contributed by atoms with van der Waals surface area (Å²) >= 11 is 11.0. The number of rotatable bonds is 3. The van der Waals surface area contributed by atoms with E-state index in [0.717, 1.165) is 5.75 Å². The molecule has 1 nitrogen and oxygen atoms in total. The van der Waals surface area contributed by atoms with E-state index in [1.165, 1.54) is 11.1 Å². The van der Waals surface area contributed by atoms with Crippen LogP contribution in [0.3, 0.4) is 0 Å². The van der Waals surface area contributed by atoms with Gasteiger partial charge in [0.2, 0.25) is 0 Å². The number of halogens is 2. The van der Waals surface area contributed by atoms with E-state index in [1.54, 1.807) is 0 Å². The van der Waals surface area contributed by atoms with Crippen molar-refractivity contribution in [1.82, 2.24) is 0 Å². The van der Waals surface area contributed by atoms with Crippen LogP contribution in [0.2, 0.25) is 0 Å². The molecule has 0 amide bonds. The highest BCUT2D eigenvalue weighted by atomic mass is 35.5. The average Bonchev–Trinajstić information content (AvgIpc) is 2.16. The summed E-state index contributed by atoms with van der Waals surface area (Å²) in [5, 5.41) is 0.488. The Morgan fingerprint density at radius 2 is 2.00 bits per heavy atom. The Hall–Kier alpha value is -0.660. The van der Waals surface area contributed by atoms with Gasteiger partial charge in [-0.3, -0.25) is 0 Å². The molecule has 3 heteroatoms. The fraction of sp³-hybridized carbons (Fsp3) is 0.200. The van der Waals surface area contributed by atoms with Gasteiger partial charge in [0.15, 0.2) is 0 Å². The molecule has 0 aliphatic carbocycles. The van der Waals surface area contributed by atoms with Gasteiger partial charge in [-0.2, -0.15) is 0 Å². The first-order valence-electron chi connectivity index (χ1n) is 3.86. The first-order valence-corrected chi connectivity index (χ1v) is 4.68. The van der Waals surface area contributed by atoms with E-state index < -0.39 is 0 Å². The molecule has 0 saturated carbocycles. The molecule has 70 valence electrons. The molecule has 0 saturated heterocycles. The van der Waals surface area contributed by atoms with Crippen LogP contribution in [-0.4, -0.2) is 6.61 Å². The largest absolute Gasteiger partial charge is 0.488 e. The van der Waals surface area contributed by atoms with Crippen LogP contribution >= 0.6 is 23.2 Å². The number of hydrogen-bond acceptors (Lipinski definition) is 1. The first kappa shape index (κ1) is 10.4. The zero-order valence-corrected chi connectivity index (χ0v) is 8.77. The van der Waals surface area contributed by atoms with Crippen LogP contribution in [0.4, 0.5) is 0 Å². The number of ether oxygens (including phenoxy) is 1. The second-order valence-electron chi connectivity index (χ2n) is 2.66. The Balaban J connectivity index is 2.51. The van der Waals surface area contributed by atoms with Gasteiger partial charge in [0.1, 0.15) is 12.4 Å². The second-order valence-corrected chi connectivity index (χ2v) is 3.36. The van der Waals surface area contributed by atoms with Crippen molar-refractivity contribution < 1.29 is 4.74 Å². The third kappa shape index (κ3) is 3.71. The summed E-state index contributed by atoms with van der Waals surface area (Å²) in [7, 11) is 0. The van der Waals surface area contributed by atoms with Gasteiger partial charge < -0.3 is 4.74 Å². The molecule has 0 aromatic heterocycles. The number of benzene rings is 1. The zero-order chi connectivity index (χ0) is 9.68. The molecule has 0 spiro atoms. The van der Waals surface area contributed by atoms with E-state index in [2.05, 4.69) is 0 Å². The summed E-state index contributed by atoms with van der Waals surface area (Å²) in [4.78, 5) is 0. The van der Waals surface area contributed by atoms with Gasteiger partial charge in [0.05, 0.1) is 5.03 Å². The van der Waals surface area contributed by atoms with Crippen LogP contribution in [0.25, 0.3) is 0 Å². The van der Waals surface area contributed by atoms with Crippen molar-refractivity contribution in [3.05, 3.63) is 40.4 Å². The third-order valence-electron chi connectivity index (χ3n) is 1.52. The molecule has 0 fully saturated rings. The van der Waals surface area contributed by atoms with E-state index in [4.69, 9.17) is 27.9 Å². The molecule has 0 radical (unpaired) electrons. The lowest BCUT2D eigenvalue weighted by molar-refractivity contribution is 0.359. The Bertz CT molecular complexity index is 290. The predicted octanol–water partition coefficient (Wildman–Crippen LogP) is 3.69. The van der Waals surface area contributed by atoms with Crippen molar-refractivity contribution in [2.24, 2.45) is 0 Å². The Labute approximate surface area is 87.9 Å². The highest BCUT2D eigenvalue weighted by Gasteiger charge is 1.94. The molecule has 0 heterocycles.